The van der Waals surface area contributed by atoms with E-state index in [0.717, 1.165) is 0 Å². The van der Waals surface area contributed by atoms with Crippen molar-refractivity contribution in [1.82, 2.24) is 9.97 Å². The third-order valence-corrected chi connectivity index (χ3v) is 2.33. The second-order valence-corrected chi connectivity index (χ2v) is 3.76. The number of aromatic nitrogens is 2. The number of hydrogen-bond donors (Lipinski definition) is 0. The highest BCUT2D eigenvalue weighted by Crippen LogP contribution is 2.30. The summed E-state index contributed by atoms with van der Waals surface area (Å²) in [4.78, 5) is 18.2. The van der Waals surface area contributed by atoms with Crippen molar-refractivity contribution in [3.05, 3.63) is 57.6 Å². The topological polar surface area (TPSA) is 78.2 Å². The second-order valence-electron chi connectivity index (χ2n) is 3.32. The molecule has 18 heavy (non-hydrogen) atoms. The third kappa shape index (κ3) is 2.92. The van der Waals surface area contributed by atoms with E-state index < -0.39 is 4.92 Å². The molecule has 0 fully saturated rings. The Kier molecular flexibility index (Phi) is 3.69. The molecule has 0 N–H and O–H groups in total. The summed E-state index contributed by atoms with van der Waals surface area (Å²) in [5.74, 6) is 0.534. The van der Waals surface area contributed by atoms with Crippen LogP contribution >= 0.6 is 11.6 Å². The SMILES string of the molecule is O=[N+]([O-])c1ccc(Cl)cc1OCc1ncccn1. The van der Waals surface area contributed by atoms with E-state index in [0.29, 0.717) is 10.8 Å². The van der Waals surface area contributed by atoms with Gasteiger partial charge in [-0.3, -0.25) is 10.1 Å². The van der Waals surface area contributed by atoms with Gasteiger partial charge < -0.3 is 4.74 Å². The van der Waals surface area contributed by atoms with Gasteiger partial charge in [0.15, 0.2) is 11.6 Å². The molecule has 0 aliphatic rings. The van der Waals surface area contributed by atoms with Crippen LogP contribution < -0.4 is 4.74 Å². The van der Waals surface area contributed by atoms with Crippen molar-refractivity contribution in [2.75, 3.05) is 0 Å². The van der Waals surface area contributed by atoms with Gasteiger partial charge in [-0.1, -0.05) is 11.6 Å². The standard InChI is InChI=1S/C11H8ClN3O3/c12-8-2-3-9(15(16)17)10(6-8)18-7-11-13-4-1-5-14-11/h1-6H,7H2. The predicted molar refractivity (Wildman–Crippen MR) is 64.5 cm³/mol. The molecule has 0 unspecified atom stereocenters. The average Bonchev–Trinajstić information content (AvgIpc) is 2.37. The monoisotopic (exact) mass is 265 g/mol. The zero-order valence-corrected chi connectivity index (χ0v) is 9.87. The average molecular weight is 266 g/mol. The molecule has 2 rings (SSSR count). The molecule has 92 valence electrons. The van der Waals surface area contributed by atoms with Crippen molar-refractivity contribution in [1.29, 1.82) is 0 Å². The van der Waals surface area contributed by atoms with Gasteiger partial charge in [-0.05, 0) is 12.1 Å². The molecule has 1 aromatic carbocycles. The molecular weight excluding hydrogens is 258 g/mol. The molecule has 0 amide bonds. The molecule has 0 bridgehead atoms. The maximum atomic E-state index is 10.8. The van der Waals surface area contributed by atoms with Gasteiger partial charge in [-0.2, -0.15) is 0 Å². The fraction of sp³-hybridized carbons (Fsp3) is 0.0909. The van der Waals surface area contributed by atoms with Crippen LogP contribution in [0.3, 0.4) is 0 Å². The highest BCUT2D eigenvalue weighted by molar-refractivity contribution is 6.30. The first kappa shape index (κ1) is 12.3. The smallest absolute Gasteiger partial charge is 0.311 e. The minimum atomic E-state index is -0.530. The number of nitro benzene ring substituents is 1. The van der Waals surface area contributed by atoms with E-state index in [1.165, 1.54) is 18.2 Å². The van der Waals surface area contributed by atoms with Crippen LogP contribution in [0.1, 0.15) is 5.82 Å². The Morgan fingerprint density at radius 3 is 2.72 bits per heavy atom. The molecule has 6 nitrogen and oxygen atoms in total. The highest BCUT2D eigenvalue weighted by Gasteiger charge is 2.15. The number of ether oxygens (including phenoxy) is 1. The molecule has 0 spiro atoms. The normalized spacial score (nSPS) is 10.1. The molecule has 0 aliphatic carbocycles. The predicted octanol–water partition coefficient (Wildman–Crippen LogP) is 2.62. The Labute approximate surface area is 107 Å². The number of benzene rings is 1. The van der Waals surface area contributed by atoms with Crippen LogP contribution in [0, 0.1) is 10.1 Å². The quantitative estimate of drug-likeness (QED) is 0.627. The Morgan fingerprint density at radius 1 is 1.33 bits per heavy atom. The lowest BCUT2D eigenvalue weighted by Gasteiger charge is -2.05. The van der Waals surface area contributed by atoms with Crippen molar-refractivity contribution in [2.45, 2.75) is 6.61 Å². The zero-order valence-electron chi connectivity index (χ0n) is 9.12. The van der Waals surface area contributed by atoms with Crippen molar-refractivity contribution < 1.29 is 9.66 Å². The summed E-state index contributed by atoms with van der Waals surface area (Å²) in [6.45, 7) is 0.0437. The van der Waals surface area contributed by atoms with Crippen LogP contribution in [0.2, 0.25) is 5.02 Å². The number of nitro groups is 1. The van der Waals surface area contributed by atoms with Gasteiger partial charge in [0.05, 0.1) is 4.92 Å². The number of rotatable bonds is 4. The summed E-state index contributed by atoms with van der Waals surface area (Å²) in [6, 6.07) is 5.79. The fourth-order valence-electron chi connectivity index (χ4n) is 1.30. The highest BCUT2D eigenvalue weighted by atomic mass is 35.5. The van der Waals surface area contributed by atoms with Gasteiger partial charge in [-0.25, -0.2) is 9.97 Å². The lowest BCUT2D eigenvalue weighted by molar-refractivity contribution is -0.385. The molecule has 0 radical (unpaired) electrons. The maximum Gasteiger partial charge on any atom is 0.311 e. The van der Waals surface area contributed by atoms with Crippen LogP contribution in [0.15, 0.2) is 36.7 Å². The third-order valence-electron chi connectivity index (χ3n) is 2.09. The van der Waals surface area contributed by atoms with Crippen LogP contribution in [0.5, 0.6) is 5.75 Å². The first-order chi connectivity index (χ1) is 8.66. The Bertz CT molecular complexity index is 563. The Morgan fingerprint density at radius 2 is 2.06 bits per heavy atom. The molecule has 0 atom stereocenters. The van der Waals surface area contributed by atoms with Crippen molar-refractivity contribution in [3.63, 3.8) is 0 Å². The van der Waals surface area contributed by atoms with Crippen LogP contribution in [-0.4, -0.2) is 14.9 Å². The van der Waals surface area contributed by atoms with E-state index in [1.54, 1.807) is 18.5 Å². The molecule has 0 saturated heterocycles. The van der Waals surface area contributed by atoms with E-state index in [4.69, 9.17) is 16.3 Å². The summed E-state index contributed by atoms with van der Waals surface area (Å²) < 4.78 is 5.31. The van der Waals surface area contributed by atoms with E-state index in [-0.39, 0.29) is 18.0 Å². The number of nitrogens with zero attached hydrogens (tertiary/aromatic N) is 3. The molecule has 2 aromatic rings. The first-order valence-electron chi connectivity index (χ1n) is 4.99. The van der Waals surface area contributed by atoms with Crippen molar-refractivity contribution in [2.24, 2.45) is 0 Å². The summed E-state index contributed by atoms with van der Waals surface area (Å²) in [5, 5.41) is 11.2. The van der Waals surface area contributed by atoms with Gasteiger partial charge >= 0.3 is 5.69 Å². The second kappa shape index (κ2) is 5.42. The van der Waals surface area contributed by atoms with Gasteiger partial charge in [0.1, 0.15) is 6.61 Å². The minimum Gasteiger partial charge on any atom is -0.479 e. The van der Waals surface area contributed by atoms with Gasteiger partial charge in [-0.15, -0.1) is 0 Å². The van der Waals surface area contributed by atoms with Gasteiger partial charge in [0, 0.05) is 29.5 Å². The summed E-state index contributed by atoms with van der Waals surface area (Å²) in [5.41, 5.74) is -0.143. The van der Waals surface area contributed by atoms with E-state index in [2.05, 4.69) is 9.97 Å². The summed E-state index contributed by atoms with van der Waals surface area (Å²) in [7, 11) is 0. The lowest BCUT2D eigenvalue weighted by Crippen LogP contribution is -2.02. The lowest BCUT2D eigenvalue weighted by atomic mass is 10.3. The fourth-order valence-corrected chi connectivity index (χ4v) is 1.46. The Hall–Kier alpha value is -2.21. The number of hydrogen-bond acceptors (Lipinski definition) is 5. The van der Waals surface area contributed by atoms with Crippen LogP contribution in [0.4, 0.5) is 5.69 Å². The van der Waals surface area contributed by atoms with Crippen molar-refractivity contribution in [3.8, 4) is 5.75 Å². The van der Waals surface area contributed by atoms with Crippen molar-refractivity contribution >= 4 is 17.3 Å². The zero-order chi connectivity index (χ0) is 13.0. The number of halogens is 1. The van der Waals surface area contributed by atoms with Gasteiger partial charge in [0.2, 0.25) is 0 Å². The van der Waals surface area contributed by atoms with E-state index in [1.807, 2.05) is 0 Å². The molecule has 1 aromatic heterocycles. The summed E-state index contributed by atoms with van der Waals surface area (Å²) >= 11 is 5.77. The molecular formula is C11H8ClN3O3. The first-order valence-corrected chi connectivity index (χ1v) is 5.37. The van der Waals surface area contributed by atoms with Crippen LogP contribution in [-0.2, 0) is 6.61 Å². The largest absolute Gasteiger partial charge is 0.479 e. The molecule has 0 saturated carbocycles. The van der Waals surface area contributed by atoms with Gasteiger partial charge in [0.25, 0.3) is 0 Å². The van der Waals surface area contributed by atoms with E-state index >= 15 is 0 Å². The molecule has 0 aliphatic heterocycles. The summed E-state index contributed by atoms with van der Waals surface area (Å²) in [6.07, 6.45) is 3.14. The molecule has 7 heteroatoms. The maximum absolute atomic E-state index is 10.8. The molecule has 1 heterocycles. The Balaban J connectivity index is 2.18. The van der Waals surface area contributed by atoms with E-state index in [9.17, 15) is 10.1 Å². The minimum absolute atomic E-state index is 0.0437. The van der Waals surface area contributed by atoms with Crippen LogP contribution in [0.25, 0.3) is 0 Å².